The van der Waals surface area contributed by atoms with Crippen molar-refractivity contribution in [2.75, 3.05) is 12.5 Å². The number of hydrogen-bond donors (Lipinski definition) is 2. The maximum absolute atomic E-state index is 10.8. The Morgan fingerprint density at radius 1 is 1.31 bits per heavy atom. The van der Waals surface area contributed by atoms with Crippen LogP contribution in [0.25, 0.3) is 11.3 Å². The number of aromatic nitrogens is 1. The molecule has 132 valence electrons. The number of anilines is 1. The summed E-state index contributed by atoms with van der Waals surface area (Å²) < 4.78 is 5.31. The number of methoxy groups -OCH3 is 1. The summed E-state index contributed by atoms with van der Waals surface area (Å²) >= 11 is 1.47. The molecule has 1 aromatic heterocycles. The van der Waals surface area contributed by atoms with Gasteiger partial charge in [-0.3, -0.25) is 10.2 Å². The van der Waals surface area contributed by atoms with E-state index in [1.165, 1.54) is 18.4 Å². The third-order valence-corrected chi connectivity index (χ3v) is 4.34. The number of hydrazone groups is 1. The summed E-state index contributed by atoms with van der Waals surface area (Å²) in [6.07, 6.45) is 1.57. The number of nitrogens with one attached hydrogen (secondary N) is 1. The molecule has 7 heteroatoms. The normalized spacial score (nSPS) is 10.8. The summed E-state index contributed by atoms with van der Waals surface area (Å²) in [7, 11) is 1.54. The molecule has 0 spiro atoms. The molecule has 3 aromatic rings. The molecule has 26 heavy (non-hydrogen) atoms. The smallest absolute Gasteiger partial charge is 0.307 e. The van der Waals surface area contributed by atoms with E-state index in [2.05, 4.69) is 15.5 Å². The highest BCUT2D eigenvalue weighted by Crippen LogP contribution is 2.24. The minimum absolute atomic E-state index is 0.0482. The van der Waals surface area contributed by atoms with Crippen molar-refractivity contribution in [3.8, 4) is 17.0 Å². The van der Waals surface area contributed by atoms with Gasteiger partial charge in [-0.05, 0) is 17.7 Å². The molecule has 2 N–H and O–H groups in total. The molecule has 1 heterocycles. The first-order valence-electron chi connectivity index (χ1n) is 7.84. The number of thiazole rings is 1. The molecule has 0 bridgehead atoms. The van der Waals surface area contributed by atoms with Crippen LogP contribution in [-0.2, 0) is 11.2 Å². The van der Waals surface area contributed by atoms with Crippen LogP contribution in [0.3, 0.4) is 0 Å². The first kappa shape index (κ1) is 17.6. The predicted octanol–water partition coefficient (Wildman–Crippen LogP) is 3.89. The fourth-order valence-corrected chi connectivity index (χ4v) is 3.04. The molecule has 0 unspecified atom stereocenters. The van der Waals surface area contributed by atoms with Gasteiger partial charge in [-0.1, -0.05) is 36.4 Å². The van der Waals surface area contributed by atoms with Crippen molar-refractivity contribution in [1.29, 1.82) is 0 Å². The lowest BCUT2D eigenvalue weighted by molar-refractivity contribution is -0.136. The van der Waals surface area contributed by atoms with E-state index in [9.17, 15) is 4.79 Å². The number of benzene rings is 2. The summed E-state index contributed by atoms with van der Waals surface area (Å²) in [4.78, 5) is 15.3. The Hall–Kier alpha value is -3.19. The highest BCUT2D eigenvalue weighted by molar-refractivity contribution is 7.14. The van der Waals surface area contributed by atoms with Crippen molar-refractivity contribution in [2.45, 2.75) is 6.42 Å². The predicted molar refractivity (Wildman–Crippen MR) is 103 cm³/mol. The van der Waals surface area contributed by atoms with E-state index >= 15 is 0 Å². The van der Waals surface area contributed by atoms with Gasteiger partial charge in [0.25, 0.3) is 0 Å². The molecular weight excluding hydrogens is 350 g/mol. The Labute approximate surface area is 154 Å². The van der Waals surface area contributed by atoms with Crippen molar-refractivity contribution in [1.82, 2.24) is 4.98 Å². The van der Waals surface area contributed by atoms with Gasteiger partial charge in [0.05, 0.1) is 25.4 Å². The average molecular weight is 367 g/mol. The van der Waals surface area contributed by atoms with Crippen molar-refractivity contribution >= 4 is 28.7 Å². The largest absolute Gasteiger partial charge is 0.496 e. The number of hydrogen-bond acceptors (Lipinski definition) is 6. The zero-order chi connectivity index (χ0) is 18.4. The van der Waals surface area contributed by atoms with E-state index in [0.717, 1.165) is 16.8 Å². The molecule has 0 fully saturated rings. The third kappa shape index (κ3) is 4.46. The molecule has 0 aliphatic rings. The first-order chi connectivity index (χ1) is 12.7. The van der Waals surface area contributed by atoms with Crippen molar-refractivity contribution in [2.24, 2.45) is 5.10 Å². The molecule has 0 saturated carbocycles. The number of aliphatic carboxylic acids is 1. The van der Waals surface area contributed by atoms with Gasteiger partial charge < -0.3 is 9.84 Å². The second-order valence-electron chi connectivity index (χ2n) is 5.42. The Morgan fingerprint density at radius 2 is 2.12 bits per heavy atom. The fraction of sp³-hybridized carbons (Fsp3) is 0.105. The SMILES string of the molecule is COc1cc(CC(=O)O)ccc1C=NNc1nc(-c2ccccc2)cs1. The summed E-state index contributed by atoms with van der Waals surface area (Å²) in [5.41, 5.74) is 6.27. The molecule has 0 aliphatic heterocycles. The van der Waals surface area contributed by atoms with Gasteiger partial charge >= 0.3 is 5.97 Å². The van der Waals surface area contributed by atoms with Crippen LogP contribution in [0.4, 0.5) is 5.13 Å². The van der Waals surface area contributed by atoms with Crippen LogP contribution in [0.2, 0.25) is 0 Å². The Bertz CT molecular complexity index is 923. The molecule has 0 amide bonds. The van der Waals surface area contributed by atoms with Crippen LogP contribution in [0.1, 0.15) is 11.1 Å². The molecule has 2 aromatic carbocycles. The second-order valence-corrected chi connectivity index (χ2v) is 6.28. The van der Waals surface area contributed by atoms with Gasteiger partial charge in [-0.15, -0.1) is 11.3 Å². The lowest BCUT2D eigenvalue weighted by Crippen LogP contribution is -2.01. The zero-order valence-corrected chi connectivity index (χ0v) is 14.9. The minimum Gasteiger partial charge on any atom is -0.496 e. The topological polar surface area (TPSA) is 83.8 Å². The number of ether oxygens (including phenoxy) is 1. The van der Waals surface area contributed by atoms with Gasteiger partial charge in [0.2, 0.25) is 5.13 Å². The maximum atomic E-state index is 10.8. The van der Waals surface area contributed by atoms with E-state index in [1.807, 2.05) is 35.7 Å². The van der Waals surface area contributed by atoms with Crippen molar-refractivity contribution in [3.63, 3.8) is 0 Å². The van der Waals surface area contributed by atoms with Gasteiger partial charge in [0, 0.05) is 16.5 Å². The molecule has 0 saturated heterocycles. The monoisotopic (exact) mass is 367 g/mol. The fourth-order valence-electron chi connectivity index (χ4n) is 2.37. The zero-order valence-electron chi connectivity index (χ0n) is 14.0. The van der Waals surface area contributed by atoms with Crippen LogP contribution < -0.4 is 10.2 Å². The number of rotatable bonds is 7. The Kier molecular flexibility index (Phi) is 5.60. The minimum atomic E-state index is -0.881. The van der Waals surface area contributed by atoms with Crippen molar-refractivity contribution < 1.29 is 14.6 Å². The van der Waals surface area contributed by atoms with Gasteiger partial charge in [-0.2, -0.15) is 5.10 Å². The number of carbonyl (C=O) groups is 1. The second kappa shape index (κ2) is 8.26. The quantitative estimate of drug-likeness (QED) is 0.489. The standard InChI is InChI=1S/C19H17N3O3S/c1-25-17-9-13(10-18(23)24)7-8-15(17)11-20-22-19-21-16(12-26-19)14-5-3-2-4-6-14/h2-9,11-12H,10H2,1H3,(H,21,22)(H,23,24). The van der Waals surface area contributed by atoms with Crippen molar-refractivity contribution in [3.05, 3.63) is 65.0 Å². The number of carboxylic acid groups (broad SMARTS) is 1. The van der Waals surface area contributed by atoms with E-state index in [4.69, 9.17) is 9.84 Å². The Morgan fingerprint density at radius 3 is 2.85 bits per heavy atom. The average Bonchev–Trinajstić information content (AvgIpc) is 3.12. The van der Waals surface area contributed by atoms with E-state index in [-0.39, 0.29) is 6.42 Å². The van der Waals surface area contributed by atoms with Crippen LogP contribution in [-0.4, -0.2) is 29.4 Å². The molecule has 0 aliphatic carbocycles. The van der Waals surface area contributed by atoms with E-state index < -0.39 is 5.97 Å². The molecule has 0 radical (unpaired) electrons. The number of nitrogens with zero attached hydrogens (tertiary/aromatic N) is 2. The lowest BCUT2D eigenvalue weighted by Gasteiger charge is -2.06. The summed E-state index contributed by atoms with van der Waals surface area (Å²) in [5, 5.41) is 15.7. The molecule has 3 rings (SSSR count). The van der Waals surface area contributed by atoms with Crippen LogP contribution in [0.5, 0.6) is 5.75 Å². The molecule has 6 nitrogen and oxygen atoms in total. The summed E-state index contributed by atoms with van der Waals surface area (Å²) in [6.45, 7) is 0. The maximum Gasteiger partial charge on any atom is 0.307 e. The summed E-state index contributed by atoms with van der Waals surface area (Å²) in [6, 6.07) is 15.1. The lowest BCUT2D eigenvalue weighted by atomic mass is 10.1. The van der Waals surface area contributed by atoms with Crippen LogP contribution in [0.15, 0.2) is 59.0 Å². The third-order valence-electron chi connectivity index (χ3n) is 3.59. The highest BCUT2D eigenvalue weighted by atomic mass is 32.1. The van der Waals surface area contributed by atoms with Gasteiger partial charge in [-0.25, -0.2) is 4.98 Å². The van der Waals surface area contributed by atoms with Crippen LogP contribution in [0, 0.1) is 0 Å². The molecular formula is C19H17N3O3S. The highest BCUT2D eigenvalue weighted by Gasteiger charge is 2.06. The Balaban J connectivity index is 1.69. The van der Waals surface area contributed by atoms with E-state index in [1.54, 1.807) is 24.4 Å². The van der Waals surface area contributed by atoms with Gasteiger partial charge in [0.15, 0.2) is 0 Å². The molecule has 0 atom stereocenters. The van der Waals surface area contributed by atoms with Crippen LogP contribution >= 0.6 is 11.3 Å². The summed E-state index contributed by atoms with van der Waals surface area (Å²) in [5.74, 6) is -0.313. The number of carboxylic acids is 1. The van der Waals surface area contributed by atoms with E-state index in [0.29, 0.717) is 16.4 Å². The first-order valence-corrected chi connectivity index (χ1v) is 8.72. The van der Waals surface area contributed by atoms with Gasteiger partial charge in [0.1, 0.15) is 5.75 Å².